The van der Waals surface area contributed by atoms with Crippen molar-refractivity contribution in [2.75, 3.05) is 0 Å². The summed E-state index contributed by atoms with van der Waals surface area (Å²) in [6, 6.07) is 12.0. The molecular weight excluding hydrogens is 384 g/mol. The maximum atomic E-state index is 12.3. The normalized spacial score (nSPS) is 11.6. The number of aryl methyl sites for hydroxylation is 1. The van der Waals surface area contributed by atoms with Crippen LogP contribution in [0.25, 0.3) is 11.0 Å². The lowest BCUT2D eigenvalue weighted by Crippen LogP contribution is -2.09. The van der Waals surface area contributed by atoms with E-state index in [-0.39, 0.29) is 16.2 Å². The summed E-state index contributed by atoms with van der Waals surface area (Å²) in [5, 5.41) is 0.720. The lowest BCUT2D eigenvalue weighted by Gasteiger charge is -2.08. The number of benzene rings is 2. The third kappa shape index (κ3) is 3.30. The minimum atomic E-state index is -3.96. The van der Waals surface area contributed by atoms with E-state index in [1.54, 1.807) is 25.1 Å². The molecule has 0 spiro atoms. The van der Waals surface area contributed by atoms with Crippen LogP contribution in [-0.4, -0.2) is 8.42 Å². The Bertz CT molecular complexity index is 1040. The van der Waals surface area contributed by atoms with Crippen LogP contribution in [-0.2, 0) is 10.1 Å². The largest absolute Gasteiger partial charge is 0.423 e. The first kappa shape index (κ1) is 15.8. The van der Waals surface area contributed by atoms with E-state index in [9.17, 15) is 13.2 Å². The molecule has 0 saturated carbocycles. The van der Waals surface area contributed by atoms with Crippen molar-refractivity contribution in [3.8, 4) is 5.75 Å². The van der Waals surface area contributed by atoms with E-state index in [1.165, 1.54) is 30.3 Å². The fourth-order valence-electron chi connectivity index (χ4n) is 2.13. The predicted molar refractivity (Wildman–Crippen MR) is 89.2 cm³/mol. The average Bonchev–Trinajstić information content (AvgIpc) is 2.46. The van der Waals surface area contributed by atoms with Gasteiger partial charge in [-0.05, 0) is 48.9 Å². The van der Waals surface area contributed by atoms with Gasteiger partial charge >= 0.3 is 15.7 Å². The molecule has 118 valence electrons. The first-order valence-corrected chi connectivity index (χ1v) is 8.80. The molecule has 0 N–H and O–H groups in total. The summed E-state index contributed by atoms with van der Waals surface area (Å²) in [5.41, 5.74) is 0.528. The zero-order valence-electron chi connectivity index (χ0n) is 11.9. The van der Waals surface area contributed by atoms with Crippen LogP contribution >= 0.6 is 15.9 Å². The quantitative estimate of drug-likeness (QED) is 0.500. The Morgan fingerprint density at radius 3 is 2.43 bits per heavy atom. The van der Waals surface area contributed by atoms with Crippen molar-refractivity contribution in [1.29, 1.82) is 0 Å². The molecule has 0 atom stereocenters. The number of hydrogen-bond acceptors (Lipinski definition) is 5. The summed E-state index contributed by atoms with van der Waals surface area (Å²) in [5.74, 6) is 0.0779. The van der Waals surface area contributed by atoms with Crippen LogP contribution < -0.4 is 9.81 Å². The standard InChI is InChI=1S/C16H11BrO5S/c1-10-8-16(18)21-15-9-12(4-7-14(10)15)22-23(19,20)13-5-2-11(17)3-6-13/h2-9H,1H3. The summed E-state index contributed by atoms with van der Waals surface area (Å²) in [6.07, 6.45) is 0. The van der Waals surface area contributed by atoms with Gasteiger partial charge in [-0.1, -0.05) is 15.9 Å². The SMILES string of the molecule is Cc1cc(=O)oc2cc(OS(=O)(=O)c3ccc(Br)cc3)ccc12. The summed E-state index contributed by atoms with van der Waals surface area (Å²) in [6.45, 7) is 1.78. The summed E-state index contributed by atoms with van der Waals surface area (Å²) >= 11 is 3.24. The van der Waals surface area contributed by atoms with E-state index in [2.05, 4.69) is 15.9 Å². The van der Waals surface area contributed by atoms with E-state index < -0.39 is 15.7 Å². The molecule has 7 heteroatoms. The molecule has 0 fully saturated rings. The Balaban J connectivity index is 2.01. The smallest absolute Gasteiger partial charge is 0.339 e. The van der Waals surface area contributed by atoms with Crippen LogP contribution in [0.5, 0.6) is 5.75 Å². The van der Waals surface area contributed by atoms with Gasteiger partial charge < -0.3 is 8.60 Å². The Labute approximate surface area is 140 Å². The number of fused-ring (bicyclic) bond motifs is 1. The van der Waals surface area contributed by atoms with Crippen molar-refractivity contribution in [3.63, 3.8) is 0 Å². The van der Waals surface area contributed by atoms with Crippen molar-refractivity contribution >= 4 is 37.0 Å². The Kier molecular flexibility index (Phi) is 3.99. The zero-order chi connectivity index (χ0) is 16.6. The molecule has 23 heavy (non-hydrogen) atoms. The summed E-state index contributed by atoms with van der Waals surface area (Å²) in [4.78, 5) is 11.5. The topological polar surface area (TPSA) is 73.6 Å². The van der Waals surface area contributed by atoms with E-state index >= 15 is 0 Å². The van der Waals surface area contributed by atoms with E-state index in [0.717, 1.165) is 15.4 Å². The van der Waals surface area contributed by atoms with Gasteiger partial charge in [-0.2, -0.15) is 8.42 Å². The third-order valence-electron chi connectivity index (χ3n) is 3.23. The van der Waals surface area contributed by atoms with Gasteiger partial charge in [0, 0.05) is 22.0 Å². The predicted octanol–water partition coefficient (Wildman–Crippen LogP) is 3.63. The molecule has 0 amide bonds. The van der Waals surface area contributed by atoms with Gasteiger partial charge in [0.1, 0.15) is 16.2 Å². The molecule has 1 heterocycles. The molecule has 0 saturated heterocycles. The Hall–Kier alpha value is -2.12. The highest BCUT2D eigenvalue weighted by molar-refractivity contribution is 9.10. The minimum absolute atomic E-state index is 0.0338. The lowest BCUT2D eigenvalue weighted by atomic mass is 10.1. The summed E-state index contributed by atoms with van der Waals surface area (Å²) in [7, 11) is -3.96. The van der Waals surface area contributed by atoms with Crippen LogP contribution in [0, 0.1) is 6.92 Å². The second-order valence-corrected chi connectivity index (χ2v) is 7.36. The molecule has 0 unspecified atom stereocenters. The minimum Gasteiger partial charge on any atom is -0.423 e. The molecule has 1 aromatic heterocycles. The van der Waals surface area contributed by atoms with Gasteiger partial charge in [-0.15, -0.1) is 0 Å². The molecule has 0 aliphatic rings. The number of rotatable bonds is 3. The van der Waals surface area contributed by atoms with E-state index in [4.69, 9.17) is 8.60 Å². The highest BCUT2D eigenvalue weighted by atomic mass is 79.9. The molecule has 5 nitrogen and oxygen atoms in total. The Morgan fingerprint density at radius 1 is 1.04 bits per heavy atom. The molecule has 0 radical (unpaired) electrons. The first-order valence-electron chi connectivity index (χ1n) is 6.60. The van der Waals surface area contributed by atoms with Crippen LogP contribution in [0.1, 0.15) is 5.56 Å². The van der Waals surface area contributed by atoms with Gasteiger partial charge in [-0.3, -0.25) is 0 Å². The van der Waals surface area contributed by atoms with Crippen molar-refractivity contribution in [1.82, 2.24) is 0 Å². The molecule has 2 aromatic carbocycles. The monoisotopic (exact) mass is 394 g/mol. The second-order valence-electron chi connectivity index (χ2n) is 4.90. The fraction of sp³-hybridized carbons (Fsp3) is 0.0625. The average molecular weight is 395 g/mol. The van der Waals surface area contributed by atoms with Crippen molar-refractivity contribution < 1.29 is 17.0 Å². The number of halogens is 1. The van der Waals surface area contributed by atoms with Crippen LogP contribution in [0.15, 0.2) is 67.1 Å². The van der Waals surface area contributed by atoms with Crippen molar-refractivity contribution in [2.24, 2.45) is 0 Å². The third-order valence-corrected chi connectivity index (χ3v) is 5.02. The zero-order valence-corrected chi connectivity index (χ0v) is 14.3. The van der Waals surface area contributed by atoms with Gasteiger partial charge in [-0.25, -0.2) is 4.79 Å². The van der Waals surface area contributed by atoms with Crippen molar-refractivity contribution in [3.05, 3.63) is 69.0 Å². The van der Waals surface area contributed by atoms with E-state index in [1.807, 2.05) is 0 Å². The molecular formula is C16H11BrO5S. The summed E-state index contributed by atoms with van der Waals surface area (Å²) < 4.78 is 35.5. The molecule has 0 bridgehead atoms. The molecule has 0 aliphatic heterocycles. The second kappa shape index (κ2) is 5.82. The first-order chi connectivity index (χ1) is 10.8. The van der Waals surface area contributed by atoms with Gasteiger partial charge in [0.2, 0.25) is 0 Å². The maximum Gasteiger partial charge on any atom is 0.339 e. The maximum absolute atomic E-state index is 12.3. The van der Waals surface area contributed by atoms with Gasteiger partial charge in [0.15, 0.2) is 0 Å². The van der Waals surface area contributed by atoms with Crippen LogP contribution in [0.3, 0.4) is 0 Å². The fourth-order valence-corrected chi connectivity index (χ4v) is 3.32. The Morgan fingerprint density at radius 2 is 1.74 bits per heavy atom. The van der Waals surface area contributed by atoms with E-state index in [0.29, 0.717) is 0 Å². The molecule has 3 aromatic rings. The highest BCUT2D eigenvalue weighted by Gasteiger charge is 2.17. The van der Waals surface area contributed by atoms with Crippen molar-refractivity contribution in [2.45, 2.75) is 11.8 Å². The van der Waals surface area contributed by atoms with Gasteiger partial charge in [0.05, 0.1) is 0 Å². The number of hydrogen-bond donors (Lipinski definition) is 0. The van der Waals surface area contributed by atoms with Crippen LogP contribution in [0.4, 0.5) is 0 Å². The highest BCUT2D eigenvalue weighted by Crippen LogP contribution is 2.25. The molecule has 0 aliphatic carbocycles. The van der Waals surface area contributed by atoms with Crippen LogP contribution in [0.2, 0.25) is 0 Å². The lowest BCUT2D eigenvalue weighted by molar-refractivity contribution is 0.485. The van der Waals surface area contributed by atoms with Gasteiger partial charge in [0.25, 0.3) is 0 Å². The molecule has 3 rings (SSSR count).